The second kappa shape index (κ2) is 8.44. The van der Waals surface area contributed by atoms with Crippen molar-refractivity contribution in [3.63, 3.8) is 0 Å². The Labute approximate surface area is 165 Å². The molecule has 7 nitrogen and oxygen atoms in total. The van der Waals surface area contributed by atoms with Crippen molar-refractivity contribution in [3.05, 3.63) is 34.4 Å². The first-order valence-corrected chi connectivity index (χ1v) is 9.99. The van der Waals surface area contributed by atoms with Gasteiger partial charge in [-0.3, -0.25) is 19.1 Å². The number of piperazine rings is 1. The van der Waals surface area contributed by atoms with Gasteiger partial charge in [0.1, 0.15) is 0 Å². The molecule has 0 bridgehead atoms. The van der Waals surface area contributed by atoms with Crippen LogP contribution in [0.15, 0.2) is 12.4 Å². The third-order valence-electron chi connectivity index (χ3n) is 5.27. The second-order valence-electron chi connectivity index (χ2n) is 7.34. The number of aromatic nitrogens is 4. The molecule has 1 fully saturated rings. The standard InChI is InChI=1S/C19H29ClN6O/c1-5-25-13-17(11-21-25)12-23-6-8-24(9-7-23)18(27)10-14(2)26-16(4)19(20)15(3)22-26/h11,13-14H,5-10,12H2,1-4H3/t14-/m1/s1. The summed E-state index contributed by atoms with van der Waals surface area (Å²) >= 11 is 6.23. The van der Waals surface area contributed by atoms with Gasteiger partial charge in [-0.15, -0.1) is 0 Å². The van der Waals surface area contributed by atoms with Gasteiger partial charge in [-0.05, 0) is 27.7 Å². The molecule has 1 saturated heterocycles. The monoisotopic (exact) mass is 392 g/mol. The molecule has 0 radical (unpaired) electrons. The molecule has 1 atom stereocenters. The molecule has 3 heterocycles. The van der Waals surface area contributed by atoms with Gasteiger partial charge in [0.15, 0.2) is 0 Å². The average Bonchev–Trinajstić information content (AvgIpc) is 3.22. The van der Waals surface area contributed by atoms with Crippen LogP contribution in [0.5, 0.6) is 0 Å². The third kappa shape index (κ3) is 4.52. The highest BCUT2D eigenvalue weighted by atomic mass is 35.5. The first kappa shape index (κ1) is 19.9. The largest absolute Gasteiger partial charge is 0.340 e. The summed E-state index contributed by atoms with van der Waals surface area (Å²) in [5, 5.41) is 9.49. The Balaban J connectivity index is 1.50. The number of carbonyl (C=O) groups excluding carboxylic acids is 1. The molecule has 0 unspecified atom stereocenters. The summed E-state index contributed by atoms with van der Waals surface area (Å²) in [4.78, 5) is 17.1. The van der Waals surface area contributed by atoms with Gasteiger partial charge in [0.05, 0.1) is 28.6 Å². The van der Waals surface area contributed by atoms with Crippen molar-refractivity contribution in [2.75, 3.05) is 26.2 Å². The lowest BCUT2D eigenvalue weighted by Crippen LogP contribution is -2.48. The van der Waals surface area contributed by atoms with Crippen molar-refractivity contribution >= 4 is 17.5 Å². The predicted molar refractivity (Wildman–Crippen MR) is 106 cm³/mol. The highest BCUT2D eigenvalue weighted by Crippen LogP contribution is 2.24. The number of rotatable bonds is 6. The van der Waals surface area contributed by atoms with Crippen molar-refractivity contribution in [1.82, 2.24) is 29.4 Å². The molecule has 0 aliphatic carbocycles. The molecule has 3 rings (SSSR count). The van der Waals surface area contributed by atoms with E-state index in [1.807, 2.05) is 41.2 Å². The smallest absolute Gasteiger partial charge is 0.224 e. The maximum atomic E-state index is 12.7. The number of carbonyl (C=O) groups is 1. The van der Waals surface area contributed by atoms with Crippen LogP contribution in [0, 0.1) is 13.8 Å². The fraction of sp³-hybridized carbons (Fsp3) is 0.632. The van der Waals surface area contributed by atoms with Crippen LogP contribution in [0.3, 0.4) is 0 Å². The van der Waals surface area contributed by atoms with E-state index in [2.05, 4.69) is 28.2 Å². The van der Waals surface area contributed by atoms with Crippen LogP contribution in [-0.2, 0) is 17.9 Å². The molecule has 8 heteroatoms. The number of hydrogen-bond acceptors (Lipinski definition) is 4. The Morgan fingerprint density at radius 3 is 2.52 bits per heavy atom. The van der Waals surface area contributed by atoms with Crippen molar-refractivity contribution in [2.24, 2.45) is 0 Å². The molecule has 1 aliphatic rings. The Morgan fingerprint density at radius 2 is 1.96 bits per heavy atom. The topological polar surface area (TPSA) is 59.2 Å². The van der Waals surface area contributed by atoms with Gasteiger partial charge in [-0.25, -0.2) is 0 Å². The zero-order valence-corrected chi connectivity index (χ0v) is 17.4. The fourth-order valence-electron chi connectivity index (χ4n) is 3.61. The van der Waals surface area contributed by atoms with Gasteiger partial charge in [-0.2, -0.15) is 10.2 Å². The van der Waals surface area contributed by atoms with Crippen LogP contribution in [-0.4, -0.2) is 61.4 Å². The number of aryl methyl sites for hydroxylation is 2. The van der Waals surface area contributed by atoms with Crippen molar-refractivity contribution in [1.29, 1.82) is 0 Å². The summed E-state index contributed by atoms with van der Waals surface area (Å²) in [5.74, 6) is 0.185. The summed E-state index contributed by atoms with van der Waals surface area (Å²) in [6, 6.07) is 0.00149. The van der Waals surface area contributed by atoms with Gasteiger partial charge in [0.2, 0.25) is 5.91 Å². The lowest BCUT2D eigenvalue weighted by Gasteiger charge is -2.35. The van der Waals surface area contributed by atoms with Crippen LogP contribution in [0.1, 0.15) is 43.3 Å². The Morgan fingerprint density at radius 1 is 1.26 bits per heavy atom. The minimum atomic E-state index is 0.00149. The lowest BCUT2D eigenvalue weighted by molar-refractivity contribution is -0.133. The second-order valence-corrected chi connectivity index (χ2v) is 7.72. The van der Waals surface area contributed by atoms with Gasteiger partial charge in [0.25, 0.3) is 0 Å². The van der Waals surface area contributed by atoms with Gasteiger partial charge in [0, 0.05) is 57.4 Å². The maximum Gasteiger partial charge on any atom is 0.224 e. The number of amides is 1. The Bertz CT molecular complexity index is 790. The number of nitrogens with zero attached hydrogens (tertiary/aromatic N) is 6. The lowest BCUT2D eigenvalue weighted by atomic mass is 10.2. The van der Waals surface area contributed by atoms with E-state index in [-0.39, 0.29) is 11.9 Å². The SMILES string of the molecule is CCn1cc(CN2CCN(C(=O)C[C@@H](C)n3nc(C)c(Cl)c3C)CC2)cn1. The van der Waals surface area contributed by atoms with E-state index >= 15 is 0 Å². The molecule has 2 aromatic rings. The molecule has 2 aromatic heterocycles. The summed E-state index contributed by atoms with van der Waals surface area (Å²) in [7, 11) is 0. The van der Waals surface area contributed by atoms with E-state index in [9.17, 15) is 4.79 Å². The van der Waals surface area contributed by atoms with Crippen molar-refractivity contribution < 1.29 is 4.79 Å². The van der Waals surface area contributed by atoms with Crippen molar-refractivity contribution in [2.45, 2.75) is 53.2 Å². The zero-order valence-electron chi connectivity index (χ0n) is 16.7. The first-order chi connectivity index (χ1) is 12.9. The quantitative estimate of drug-likeness (QED) is 0.758. The summed E-state index contributed by atoms with van der Waals surface area (Å²) in [6.07, 6.45) is 4.47. The van der Waals surface area contributed by atoms with E-state index in [0.29, 0.717) is 11.4 Å². The molecule has 27 heavy (non-hydrogen) atoms. The molecule has 0 saturated carbocycles. The van der Waals surface area contributed by atoms with Crippen LogP contribution in [0.2, 0.25) is 5.02 Å². The van der Waals surface area contributed by atoms with E-state index in [4.69, 9.17) is 11.6 Å². The van der Waals surface area contributed by atoms with E-state index in [1.54, 1.807) is 0 Å². The highest BCUT2D eigenvalue weighted by molar-refractivity contribution is 6.31. The molecule has 1 amide bonds. The van der Waals surface area contributed by atoms with Crippen molar-refractivity contribution in [3.8, 4) is 0 Å². The molecular weight excluding hydrogens is 364 g/mol. The summed E-state index contributed by atoms with van der Waals surface area (Å²) in [6.45, 7) is 13.1. The van der Waals surface area contributed by atoms with Crippen LogP contribution in [0.25, 0.3) is 0 Å². The van der Waals surface area contributed by atoms with Crippen LogP contribution in [0.4, 0.5) is 0 Å². The maximum absolute atomic E-state index is 12.7. The summed E-state index contributed by atoms with van der Waals surface area (Å²) < 4.78 is 3.82. The minimum absolute atomic E-state index is 0.00149. The normalized spacial score (nSPS) is 16.7. The van der Waals surface area contributed by atoms with Crippen LogP contribution >= 0.6 is 11.6 Å². The van der Waals surface area contributed by atoms with E-state index in [1.165, 1.54) is 5.56 Å². The fourth-order valence-corrected chi connectivity index (χ4v) is 3.74. The molecule has 0 N–H and O–H groups in total. The van der Waals surface area contributed by atoms with E-state index in [0.717, 1.165) is 50.7 Å². The van der Waals surface area contributed by atoms with Crippen LogP contribution < -0.4 is 0 Å². The molecule has 0 aromatic carbocycles. The highest BCUT2D eigenvalue weighted by Gasteiger charge is 2.24. The molecular formula is C19H29ClN6O. The summed E-state index contributed by atoms with van der Waals surface area (Å²) in [5.41, 5.74) is 2.96. The molecule has 1 aliphatic heterocycles. The minimum Gasteiger partial charge on any atom is -0.340 e. The Kier molecular flexibility index (Phi) is 6.22. The number of hydrogen-bond donors (Lipinski definition) is 0. The average molecular weight is 393 g/mol. The zero-order chi connectivity index (χ0) is 19.6. The molecule has 148 valence electrons. The first-order valence-electron chi connectivity index (χ1n) is 9.61. The van der Waals surface area contributed by atoms with Gasteiger partial charge in [-0.1, -0.05) is 11.6 Å². The van der Waals surface area contributed by atoms with Gasteiger partial charge >= 0.3 is 0 Å². The number of halogens is 1. The van der Waals surface area contributed by atoms with Gasteiger partial charge < -0.3 is 4.90 Å². The molecule has 0 spiro atoms. The predicted octanol–water partition coefficient (Wildman–Crippen LogP) is 2.67. The van der Waals surface area contributed by atoms with E-state index < -0.39 is 0 Å². The third-order valence-corrected chi connectivity index (χ3v) is 5.81. The Hall–Kier alpha value is -1.86.